The Labute approximate surface area is 240 Å². The van der Waals surface area contributed by atoms with Gasteiger partial charge >= 0.3 is 0 Å². The maximum atomic E-state index is 14.2. The summed E-state index contributed by atoms with van der Waals surface area (Å²) in [6.45, 7) is 0.990. The Balaban J connectivity index is 1.62. The number of amides is 3. The van der Waals surface area contributed by atoms with Crippen LogP contribution in [0.3, 0.4) is 0 Å². The van der Waals surface area contributed by atoms with Gasteiger partial charge in [0.1, 0.15) is 28.9 Å². The number of nitrogens with zero attached hydrogens (tertiary/aromatic N) is 3. The number of carbonyl (C=O) groups is 3. The standard InChI is InChI=1S/C26H28BrClN4O6S/c1-15(33)29-20-13-31(39(36,37)23-12-18(28)7-10-22(23)38-2)24-14-30(19-8-9-19)26(35)21(32(24)25(20)34)11-16-3-5-17(27)6-4-16/h3-7,10,12,19-21,24H,8-9,11,13-14H2,1-2H3,(H,29,33). The minimum Gasteiger partial charge on any atom is -0.495 e. The maximum absolute atomic E-state index is 14.2. The van der Waals surface area contributed by atoms with Crippen molar-refractivity contribution in [2.75, 3.05) is 20.2 Å². The van der Waals surface area contributed by atoms with Crippen LogP contribution in [0.5, 0.6) is 5.75 Å². The summed E-state index contributed by atoms with van der Waals surface area (Å²) in [5.41, 5.74) is 0.813. The van der Waals surface area contributed by atoms with Crippen LogP contribution in [0.15, 0.2) is 51.8 Å². The van der Waals surface area contributed by atoms with Gasteiger partial charge in [-0.25, -0.2) is 8.42 Å². The van der Waals surface area contributed by atoms with E-state index in [0.29, 0.717) is 0 Å². The Bertz CT molecular complexity index is 1420. The molecule has 2 aromatic rings. The Morgan fingerprint density at radius 3 is 2.41 bits per heavy atom. The number of rotatable bonds is 7. The first-order valence-electron chi connectivity index (χ1n) is 12.5. The largest absolute Gasteiger partial charge is 0.495 e. The van der Waals surface area contributed by atoms with Gasteiger partial charge in [0.15, 0.2) is 0 Å². The highest BCUT2D eigenvalue weighted by Gasteiger charge is 2.55. The quantitative estimate of drug-likeness (QED) is 0.498. The van der Waals surface area contributed by atoms with E-state index in [1.807, 2.05) is 24.3 Å². The van der Waals surface area contributed by atoms with Crippen molar-refractivity contribution in [3.63, 3.8) is 0 Å². The molecule has 3 amide bonds. The zero-order valence-electron chi connectivity index (χ0n) is 21.3. The normalized spacial score (nSPS) is 23.9. The van der Waals surface area contributed by atoms with Crippen LogP contribution in [0.1, 0.15) is 25.3 Å². The van der Waals surface area contributed by atoms with Gasteiger partial charge in [-0.05, 0) is 48.7 Å². The van der Waals surface area contributed by atoms with Gasteiger partial charge in [0, 0.05) is 35.4 Å². The average molecular weight is 640 g/mol. The molecule has 3 unspecified atom stereocenters. The highest BCUT2D eigenvalue weighted by atomic mass is 79.9. The molecule has 2 saturated heterocycles. The highest BCUT2D eigenvalue weighted by molar-refractivity contribution is 9.10. The molecule has 39 heavy (non-hydrogen) atoms. The number of fused-ring (bicyclic) bond motifs is 1. The average Bonchev–Trinajstić information content (AvgIpc) is 3.73. The zero-order chi connectivity index (χ0) is 28.1. The Morgan fingerprint density at radius 1 is 1.10 bits per heavy atom. The minimum atomic E-state index is -4.30. The number of carbonyl (C=O) groups excluding carboxylic acids is 3. The van der Waals surface area contributed by atoms with E-state index in [4.69, 9.17) is 16.3 Å². The van der Waals surface area contributed by atoms with Crippen molar-refractivity contribution >= 4 is 55.3 Å². The summed E-state index contributed by atoms with van der Waals surface area (Å²) in [6, 6.07) is 9.56. The van der Waals surface area contributed by atoms with Crippen LogP contribution in [-0.2, 0) is 30.8 Å². The third-order valence-corrected chi connectivity index (χ3v) is 9.90. The van der Waals surface area contributed by atoms with Crippen LogP contribution in [0.2, 0.25) is 5.02 Å². The number of piperazine rings is 1. The smallest absolute Gasteiger partial charge is 0.248 e. The second-order valence-electron chi connectivity index (χ2n) is 9.92. The van der Waals surface area contributed by atoms with Crippen LogP contribution in [0, 0.1) is 0 Å². The lowest BCUT2D eigenvalue weighted by molar-refractivity contribution is -0.168. The van der Waals surface area contributed by atoms with E-state index >= 15 is 0 Å². The number of methoxy groups -OCH3 is 1. The van der Waals surface area contributed by atoms with Crippen molar-refractivity contribution < 1.29 is 27.5 Å². The number of halogens is 2. The van der Waals surface area contributed by atoms with Crippen LogP contribution >= 0.6 is 27.5 Å². The Morgan fingerprint density at radius 2 is 1.79 bits per heavy atom. The van der Waals surface area contributed by atoms with Gasteiger partial charge in [0.05, 0.1) is 13.7 Å². The van der Waals surface area contributed by atoms with Crippen molar-refractivity contribution in [2.45, 2.75) is 55.4 Å². The van der Waals surface area contributed by atoms with E-state index in [-0.39, 0.29) is 47.1 Å². The van der Waals surface area contributed by atoms with Gasteiger partial charge in [-0.15, -0.1) is 0 Å². The summed E-state index contributed by atoms with van der Waals surface area (Å²) < 4.78 is 35.8. The Kier molecular flexibility index (Phi) is 7.66. The van der Waals surface area contributed by atoms with E-state index in [0.717, 1.165) is 22.9 Å². The molecule has 5 rings (SSSR count). The van der Waals surface area contributed by atoms with Gasteiger partial charge in [-0.1, -0.05) is 39.7 Å². The van der Waals surface area contributed by atoms with Crippen LogP contribution in [0.4, 0.5) is 0 Å². The van der Waals surface area contributed by atoms with E-state index < -0.39 is 40.1 Å². The monoisotopic (exact) mass is 638 g/mol. The molecule has 2 aromatic carbocycles. The molecule has 1 aliphatic carbocycles. The molecular formula is C26H28BrClN4O6S. The predicted octanol–water partition coefficient (Wildman–Crippen LogP) is 2.39. The van der Waals surface area contributed by atoms with Crippen molar-refractivity contribution in [2.24, 2.45) is 0 Å². The lowest BCUT2D eigenvalue weighted by atomic mass is 9.97. The van der Waals surface area contributed by atoms with Crippen molar-refractivity contribution in [1.82, 2.24) is 19.4 Å². The van der Waals surface area contributed by atoms with Gasteiger partial charge in [0.2, 0.25) is 27.7 Å². The van der Waals surface area contributed by atoms with E-state index in [2.05, 4.69) is 21.2 Å². The fourth-order valence-corrected chi connectivity index (χ4v) is 7.57. The number of hydrogen-bond donors (Lipinski definition) is 1. The highest BCUT2D eigenvalue weighted by Crippen LogP contribution is 2.38. The van der Waals surface area contributed by atoms with Crippen molar-refractivity contribution in [3.8, 4) is 5.75 Å². The first-order valence-corrected chi connectivity index (χ1v) is 15.1. The molecule has 2 aliphatic heterocycles. The van der Waals surface area contributed by atoms with Crippen molar-refractivity contribution in [1.29, 1.82) is 0 Å². The fourth-order valence-electron chi connectivity index (χ4n) is 5.30. The lowest BCUT2D eigenvalue weighted by Gasteiger charge is -2.53. The molecular weight excluding hydrogens is 612 g/mol. The molecule has 3 aliphatic rings. The molecule has 0 bridgehead atoms. The topological polar surface area (TPSA) is 116 Å². The van der Waals surface area contributed by atoms with E-state index in [1.54, 1.807) is 4.90 Å². The molecule has 0 radical (unpaired) electrons. The van der Waals surface area contributed by atoms with Gasteiger partial charge in [-0.3, -0.25) is 14.4 Å². The number of nitrogens with one attached hydrogen (secondary N) is 1. The summed E-state index contributed by atoms with van der Waals surface area (Å²) >= 11 is 9.59. The maximum Gasteiger partial charge on any atom is 0.248 e. The second-order valence-corrected chi connectivity index (χ2v) is 13.1. The van der Waals surface area contributed by atoms with Gasteiger partial charge in [-0.2, -0.15) is 4.31 Å². The summed E-state index contributed by atoms with van der Waals surface area (Å²) in [5, 5.41) is 2.78. The third-order valence-electron chi connectivity index (χ3n) is 7.25. The van der Waals surface area contributed by atoms with Gasteiger partial charge < -0.3 is 19.9 Å². The molecule has 13 heteroatoms. The van der Waals surface area contributed by atoms with Gasteiger partial charge in [0.25, 0.3) is 0 Å². The number of sulfonamides is 1. The number of hydrogen-bond acceptors (Lipinski definition) is 6. The third kappa shape index (κ3) is 5.39. The number of benzene rings is 2. The molecule has 208 valence electrons. The summed E-state index contributed by atoms with van der Waals surface area (Å²) in [4.78, 5) is 42.6. The van der Waals surface area contributed by atoms with Crippen LogP contribution in [0.25, 0.3) is 0 Å². The van der Waals surface area contributed by atoms with Crippen LogP contribution < -0.4 is 10.1 Å². The molecule has 3 atom stereocenters. The molecule has 1 N–H and O–H groups in total. The van der Waals surface area contributed by atoms with Crippen LogP contribution in [-0.4, -0.2) is 84.7 Å². The van der Waals surface area contributed by atoms with Crippen molar-refractivity contribution in [3.05, 3.63) is 57.5 Å². The van der Waals surface area contributed by atoms with E-state index in [1.165, 1.54) is 41.4 Å². The first kappa shape index (κ1) is 27.9. The number of ether oxygens (including phenoxy) is 1. The fraction of sp³-hybridized carbons (Fsp3) is 0.423. The molecule has 0 spiro atoms. The molecule has 1 saturated carbocycles. The predicted molar refractivity (Wildman–Crippen MR) is 147 cm³/mol. The second kappa shape index (κ2) is 10.7. The summed E-state index contributed by atoms with van der Waals surface area (Å²) in [7, 11) is -2.95. The summed E-state index contributed by atoms with van der Waals surface area (Å²) in [6.07, 6.45) is 0.857. The lowest BCUT2D eigenvalue weighted by Crippen LogP contribution is -2.76. The first-order chi connectivity index (χ1) is 18.5. The summed E-state index contributed by atoms with van der Waals surface area (Å²) in [5.74, 6) is -1.12. The molecule has 2 heterocycles. The molecule has 10 nitrogen and oxygen atoms in total. The zero-order valence-corrected chi connectivity index (χ0v) is 24.5. The van der Waals surface area contributed by atoms with E-state index in [9.17, 15) is 22.8 Å². The SMILES string of the molecule is COc1ccc(Cl)cc1S(=O)(=O)N1CC(NC(C)=O)C(=O)N2C(Cc3ccc(Br)cc3)C(=O)N(C3CC3)CC21. The molecule has 0 aromatic heterocycles. The minimum absolute atomic E-state index is 0.000461. The Hall–Kier alpha value is -2.67. The molecule has 3 fully saturated rings.